The summed E-state index contributed by atoms with van der Waals surface area (Å²) in [6, 6.07) is 0. The molecule has 0 atom stereocenters. The Morgan fingerprint density at radius 3 is 1.64 bits per heavy atom. The second-order valence-electron chi connectivity index (χ2n) is 8.41. The monoisotopic (exact) mass is 349 g/mol. The Labute approximate surface area is 157 Å². The first-order valence-electron chi connectivity index (χ1n) is 10.9. The number of unbranched alkanes of at least 4 members (excludes halogenated alkanes) is 13. The average molecular weight is 350 g/mol. The van der Waals surface area contributed by atoms with E-state index in [-0.39, 0.29) is 5.41 Å². The van der Waals surface area contributed by atoms with Crippen LogP contribution in [0.15, 0.2) is 24.4 Å². The molecular weight excluding hydrogens is 306 g/mol. The van der Waals surface area contributed by atoms with E-state index in [1.807, 2.05) is 6.20 Å². The van der Waals surface area contributed by atoms with Gasteiger partial charge >= 0.3 is 0 Å². The third-order valence-electron chi connectivity index (χ3n) is 5.42. The third-order valence-corrected chi connectivity index (χ3v) is 5.42. The third kappa shape index (κ3) is 10.6. The summed E-state index contributed by atoms with van der Waals surface area (Å²) in [6.45, 7) is 10.6. The van der Waals surface area contributed by atoms with Crippen molar-refractivity contribution < 1.29 is 4.74 Å². The summed E-state index contributed by atoms with van der Waals surface area (Å²) in [5.74, 6) is 1.69. The van der Waals surface area contributed by atoms with E-state index in [0.717, 1.165) is 5.76 Å². The van der Waals surface area contributed by atoms with Gasteiger partial charge in [0.05, 0.1) is 0 Å². The van der Waals surface area contributed by atoms with Gasteiger partial charge in [-0.2, -0.15) is 0 Å². The summed E-state index contributed by atoms with van der Waals surface area (Å²) >= 11 is 0. The Morgan fingerprint density at radius 2 is 1.24 bits per heavy atom. The van der Waals surface area contributed by atoms with E-state index in [1.165, 1.54) is 96.3 Å². The number of ether oxygens (including phenoxy) is 1. The molecule has 0 aromatic heterocycles. The van der Waals surface area contributed by atoms with Crippen LogP contribution in [0.5, 0.6) is 0 Å². The lowest BCUT2D eigenvalue weighted by Gasteiger charge is -2.24. The van der Waals surface area contributed by atoms with Crippen LogP contribution in [0.2, 0.25) is 0 Å². The van der Waals surface area contributed by atoms with Crippen molar-refractivity contribution in [1.82, 2.24) is 5.32 Å². The molecule has 0 aromatic rings. The fourth-order valence-electron chi connectivity index (χ4n) is 3.56. The van der Waals surface area contributed by atoms with E-state index >= 15 is 0 Å². The smallest absolute Gasteiger partial charge is 0.189 e. The summed E-state index contributed by atoms with van der Waals surface area (Å²) in [6.07, 6.45) is 23.0. The van der Waals surface area contributed by atoms with Gasteiger partial charge in [-0.3, -0.25) is 0 Å². The topological polar surface area (TPSA) is 21.3 Å². The Kier molecular flexibility index (Phi) is 11.8. The molecule has 0 saturated heterocycles. The molecule has 1 heterocycles. The first-order chi connectivity index (χ1) is 12.1. The SMILES string of the molecule is C=C1NC=C(C(C)(C)CCCCCCCCCCCCCCCC)O1. The predicted octanol–water partition coefficient (Wildman–Crippen LogP) is 7.82. The zero-order valence-corrected chi connectivity index (χ0v) is 17.3. The lowest BCUT2D eigenvalue weighted by atomic mass is 9.85. The average Bonchev–Trinajstić information content (AvgIpc) is 3.02. The molecule has 146 valence electrons. The number of hydrogen-bond donors (Lipinski definition) is 1. The lowest BCUT2D eigenvalue weighted by molar-refractivity contribution is 0.204. The molecule has 1 rings (SSSR count). The largest absolute Gasteiger partial charge is 0.444 e. The van der Waals surface area contributed by atoms with Crippen LogP contribution < -0.4 is 5.32 Å². The van der Waals surface area contributed by atoms with Crippen LogP contribution in [-0.4, -0.2) is 0 Å². The first-order valence-corrected chi connectivity index (χ1v) is 10.9. The van der Waals surface area contributed by atoms with Crippen molar-refractivity contribution in [2.45, 2.75) is 117 Å². The molecule has 1 aliphatic rings. The number of allylic oxidation sites excluding steroid dienone is 1. The van der Waals surface area contributed by atoms with Gasteiger partial charge in [0.15, 0.2) is 5.88 Å². The van der Waals surface area contributed by atoms with Gasteiger partial charge in [0.2, 0.25) is 0 Å². The van der Waals surface area contributed by atoms with Crippen LogP contribution >= 0.6 is 0 Å². The second-order valence-corrected chi connectivity index (χ2v) is 8.41. The van der Waals surface area contributed by atoms with Crippen molar-refractivity contribution in [3.63, 3.8) is 0 Å². The highest BCUT2D eigenvalue weighted by molar-refractivity contribution is 5.14. The summed E-state index contributed by atoms with van der Waals surface area (Å²) in [7, 11) is 0. The van der Waals surface area contributed by atoms with E-state index in [1.54, 1.807) is 0 Å². The van der Waals surface area contributed by atoms with E-state index in [9.17, 15) is 0 Å². The molecule has 0 unspecified atom stereocenters. The fourth-order valence-corrected chi connectivity index (χ4v) is 3.56. The minimum absolute atomic E-state index is 0.115. The van der Waals surface area contributed by atoms with Crippen molar-refractivity contribution >= 4 is 0 Å². The highest BCUT2D eigenvalue weighted by atomic mass is 16.5. The van der Waals surface area contributed by atoms with Crippen molar-refractivity contribution in [1.29, 1.82) is 0 Å². The predicted molar refractivity (Wildman–Crippen MR) is 110 cm³/mol. The van der Waals surface area contributed by atoms with E-state index < -0.39 is 0 Å². The highest BCUT2D eigenvalue weighted by Crippen LogP contribution is 2.35. The van der Waals surface area contributed by atoms with Gasteiger partial charge < -0.3 is 10.1 Å². The zero-order valence-electron chi connectivity index (χ0n) is 17.3. The first kappa shape index (κ1) is 22.1. The number of hydrogen-bond acceptors (Lipinski definition) is 2. The summed E-state index contributed by atoms with van der Waals surface area (Å²) in [5.41, 5.74) is 0.115. The Hall–Kier alpha value is -0.920. The van der Waals surface area contributed by atoms with Gasteiger partial charge in [-0.15, -0.1) is 0 Å². The lowest BCUT2D eigenvalue weighted by Crippen LogP contribution is -2.14. The molecule has 0 amide bonds. The molecule has 0 bridgehead atoms. The summed E-state index contributed by atoms with van der Waals surface area (Å²) in [5, 5.41) is 3.05. The van der Waals surface area contributed by atoms with Crippen molar-refractivity contribution in [2.75, 3.05) is 0 Å². The molecule has 2 nitrogen and oxygen atoms in total. The van der Waals surface area contributed by atoms with Crippen LogP contribution in [0.3, 0.4) is 0 Å². The normalized spacial score (nSPS) is 14.4. The molecular formula is C23H43NO. The molecule has 0 saturated carbocycles. The summed E-state index contributed by atoms with van der Waals surface area (Å²) in [4.78, 5) is 0. The molecule has 25 heavy (non-hydrogen) atoms. The van der Waals surface area contributed by atoms with Gasteiger partial charge in [-0.1, -0.05) is 111 Å². The van der Waals surface area contributed by atoms with E-state index in [2.05, 4.69) is 32.7 Å². The number of nitrogens with one attached hydrogen (secondary N) is 1. The van der Waals surface area contributed by atoms with Gasteiger partial charge in [-0.25, -0.2) is 0 Å². The van der Waals surface area contributed by atoms with Gasteiger partial charge in [0.25, 0.3) is 0 Å². The van der Waals surface area contributed by atoms with Crippen molar-refractivity contribution in [3.8, 4) is 0 Å². The molecule has 0 radical (unpaired) electrons. The van der Waals surface area contributed by atoms with E-state index in [0.29, 0.717) is 5.88 Å². The standard InChI is InChI=1S/C23H43NO/c1-5-6-7-8-9-10-11-12-13-14-15-16-17-18-19-23(3,4)22-20-24-21(2)25-22/h20,24H,2,5-19H2,1,3-4H3. The second kappa shape index (κ2) is 13.3. The maximum Gasteiger partial charge on any atom is 0.189 e. The highest BCUT2D eigenvalue weighted by Gasteiger charge is 2.28. The summed E-state index contributed by atoms with van der Waals surface area (Å²) < 4.78 is 5.65. The van der Waals surface area contributed by atoms with Crippen LogP contribution in [0.4, 0.5) is 0 Å². The van der Waals surface area contributed by atoms with Crippen LogP contribution in [0.25, 0.3) is 0 Å². The number of rotatable bonds is 16. The fraction of sp³-hybridized carbons (Fsp3) is 0.826. The van der Waals surface area contributed by atoms with Gasteiger partial charge in [0, 0.05) is 11.6 Å². The molecule has 0 aromatic carbocycles. The zero-order chi connectivity index (χ0) is 18.4. The maximum absolute atomic E-state index is 5.65. The molecule has 0 spiro atoms. The quantitative estimate of drug-likeness (QED) is 0.287. The molecule has 1 aliphatic heterocycles. The van der Waals surface area contributed by atoms with E-state index in [4.69, 9.17) is 4.74 Å². The van der Waals surface area contributed by atoms with Crippen LogP contribution in [0, 0.1) is 5.41 Å². The molecule has 0 fully saturated rings. The Balaban J connectivity index is 1.85. The van der Waals surface area contributed by atoms with Crippen molar-refractivity contribution in [2.24, 2.45) is 5.41 Å². The molecule has 2 heteroatoms. The van der Waals surface area contributed by atoms with Gasteiger partial charge in [-0.05, 0) is 13.0 Å². The van der Waals surface area contributed by atoms with Crippen LogP contribution in [0.1, 0.15) is 117 Å². The maximum atomic E-state index is 5.65. The van der Waals surface area contributed by atoms with Crippen LogP contribution in [-0.2, 0) is 4.74 Å². The minimum atomic E-state index is 0.115. The van der Waals surface area contributed by atoms with Crippen molar-refractivity contribution in [3.05, 3.63) is 24.4 Å². The van der Waals surface area contributed by atoms with Gasteiger partial charge in [0.1, 0.15) is 5.76 Å². The molecule has 1 N–H and O–H groups in total. The minimum Gasteiger partial charge on any atom is -0.444 e. The Morgan fingerprint density at radius 1 is 0.800 bits per heavy atom. The molecule has 0 aliphatic carbocycles. The Bertz CT molecular complexity index is 384.